The lowest BCUT2D eigenvalue weighted by Crippen LogP contribution is -2.27. The molecule has 0 spiro atoms. The average Bonchev–Trinajstić information content (AvgIpc) is 3.22. The number of benzene rings is 1. The van der Waals surface area contributed by atoms with Crippen LogP contribution in [0.15, 0.2) is 52.5 Å². The van der Waals surface area contributed by atoms with E-state index in [1.54, 1.807) is 12.1 Å². The van der Waals surface area contributed by atoms with Gasteiger partial charge in [0.2, 0.25) is 10.0 Å². The zero-order valence-corrected chi connectivity index (χ0v) is 16.4. The van der Waals surface area contributed by atoms with E-state index in [-0.39, 0.29) is 16.5 Å². The van der Waals surface area contributed by atoms with E-state index >= 15 is 0 Å². The minimum atomic E-state index is -3.44. The molecule has 0 saturated carbocycles. The highest BCUT2D eigenvalue weighted by Crippen LogP contribution is 2.23. The van der Waals surface area contributed by atoms with Crippen molar-refractivity contribution >= 4 is 27.6 Å². The number of hydrogen-bond acceptors (Lipinski definition) is 5. The Balaban J connectivity index is 1.47. The summed E-state index contributed by atoms with van der Waals surface area (Å²) < 4.78 is 39.3. The SMILES string of the molecule is O=C(CCCSc1ccc(S(=O)(=O)N2CCCC2)cn1)c1ccc(F)cc1. The van der Waals surface area contributed by atoms with Crippen LogP contribution < -0.4 is 0 Å². The molecule has 27 heavy (non-hydrogen) atoms. The maximum atomic E-state index is 12.9. The van der Waals surface area contributed by atoms with E-state index < -0.39 is 10.0 Å². The maximum Gasteiger partial charge on any atom is 0.244 e. The van der Waals surface area contributed by atoms with Crippen molar-refractivity contribution < 1.29 is 17.6 Å². The van der Waals surface area contributed by atoms with Crippen molar-refractivity contribution in [3.05, 3.63) is 54.0 Å². The quantitative estimate of drug-likeness (QED) is 0.378. The number of ketones is 1. The van der Waals surface area contributed by atoms with Gasteiger partial charge in [0, 0.05) is 31.3 Å². The number of carbonyl (C=O) groups is 1. The van der Waals surface area contributed by atoms with Crippen LogP contribution in [-0.4, -0.2) is 42.3 Å². The molecule has 0 N–H and O–H groups in total. The van der Waals surface area contributed by atoms with Crippen molar-refractivity contribution in [2.75, 3.05) is 18.8 Å². The second kappa shape index (κ2) is 8.95. The largest absolute Gasteiger partial charge is 0.294 e. The maximum absolute atomic E-state index is 12.9. The molecule has 1 aromatic carbocycles. The van der Waals surface area contributed by atoms with Crippen LogP contribution in [0, 0.1) is 5.82 Å². The van der Waals surface area contributed by atoms with Gasteiger partial charge in [0.1, 0.15) is 10.7 Å². The van der Waals surface area contributed by atoms with Gasteiger partial charge in [-0.3, -0.25) is 4.79 Å². The first-order chi connectivity index (χ1) is 13.0. The summed E-state index contributed by atoms with van der Waals surface area (Å²) >= 11 is 1.48. The molecule has 0 radical (unpaired) electrons. The Hall–Kier alpha value is -1.77. The first-order valence-electron chi connectivity index (χ1n) is 8.84. The molecule has 0 amide bonds. The Morgan fingerprint density at radius 3 is 2.44 bits per heavy atom. The highest BCUT2D eigenvalue weighted by Gasteiger charge is 2.27. The Labute approximate surface area is 163 Å². The molecule has 1 fully saturated rings. The number of carbonyl (C=O) groups excluding carboxylic acids is 1. The van der Waals surface area contributed by atoms with Crippen LogP contribution in [0.5, 0.6) is 0 Å². The zero-order chi connectivity index (χ0) is 19.3. The van der Waals surface area contributed by atoms with Gasteiger partial charge in [-0.2, -0.15) is 4.31 Å². The van der Waals surface area contributed by atoms with Gasteiger partial charge in [0.15, 0.2) is 5.78 Å². The number of halogens is 1. The monoisotopic (exact) mass is 408 g/mol. The van der Waals surface area contributed by atoms with Crippen molar-refractivity contribution in [1.29, 1.82) is 0 Å². The van der Waals surface area contributed by atoms with E-state index in [4.69, 9.17) is 0 Å². The molecule has 3 rings (SSSR count). The van der Waals surface area contributed by atoms with Gasteiger partial charge in [0.25, 0.3) is 0 Å². The Morgan fingerprint density at radius 1 is 1.11 bits per heavy atom. The Bertz CT molecular complexity index is 878. The predicted molar refractivity (Wildman–Crippen MR) is 103 cm³/mol. The zero-order valence-electron chi connectivity index (χ0n) is 14.8. The van der Waals surface area contributed by atoms with Gasteiger partial charge in [-0.1, -0.05) is 0 Å². The molecule has 1 aromatic heterocycles. The number of hydrogen-bond donors (Lipinski definition) is 0. The molecule has 1 saturated heterocycles. The summed E-state index contributed by atoms with van der Waals surface area (Å²) in [4.78, 5) is 16.5. The first-order valence-corrected chi connectivity index (χ1v) is 11.3. The van der Waals surface area contributed by atoms with Gasteiger partial charge < -0.3 is 0 Å². The van der Waals surface area contributed by atoms with E-state index in [0.717, 1.165) is 17.9 Å². The molecule has 2 aromatic rings. The third-order valence-corrected chi connectivity index (χ3v) is 7.29. The third kappa shape index (κ3) is 5.15. The number of thioether (sulfide) groups is 1. The van der Waals surface area contributed by atoms with E-state index in [1.165, 1.54) is 46.5 Å². The fourth-order valence-electron chi connectivity index (χ4n) is 2.87. The van der Waals surface area contributed by atoms with E-state index in [1.807, 2.05) is 0 Å². The lowest BCUT2D eigenvalue weighted by molar-refractivity contribution is 0.0982. The molecule has 8 heteroatoms. The minimum absolute atomic E-state index is 0.0180. The molecule has 0 aliphatic carbocycles. The number of rotatable bonds is 8. The van der Waals surface area contributed by atoms with Crippen LogP contribution in [0.2, 0.25) is 0 Å². The summed E-state index contributed by atoms with van der Waals surface area (Å²) in [7, 11) is -3.44. The average molecular weight is 409 g/mol. The van der Waals surface area contributed by atoms with Gasteiger partial charge >= 0.3 is 0 Å². The topological polar surface area (TPSA) is 67.3 Å². The van der Waals surface area contributed by atoms with Crippen molar-refractivity contribution in [2.45, 2.75) is 35.6 Å². The van der Waals surface area contributed by atoms with Crippen LogP contribution in [-0.2, 0) is 10.0 Å². The molecule has 0 bridgehead atoms. The van der Waals surface area contributed by atoms with Gasteiger partial charge in [-0.05, 0) is 61.4 Å². The Kier molecular flexibility index (Phi) is 6.62. The lowest BCUT2D eigenvalue weighted by atomic mass is 10.1. The van der Waals surface area contributed by atoms with Crippen molar-refractivity contribution in [2.24, 2.45) is 0 Å². The standard InChI is InChI=1S/C19H21FN2O3S2/c20-16-7-5-15(6-8-16)18(23)4-3-13-26-19-10-9-17(14-21-19)27(24,25)22-11-1-2-12-22/h5-10,14H,1-4,11-13H2. The molecule has 144 valence electrons. The normalized spacial score (nSPS) is 15.1. The first kappa shape index (κ1) is 20.0. The number of aromatic nitrogens is 1. The second-order valence-electron chi connectivity index (χ2n) is 6.33. The summed E-state index contributed by atoms with van der Waals surface area (Å²) in [5.74, 6) is 0.317. The van der Waals surface area contributed by atoms with Gasteiger partial charge in [0.05, 0.1) is 5.03 Å². The lowest BCUT2D eigenvalue weighted by Gasteiger charge is -2.15. The Morgan fingerprint density at radius 2 is 1.81 bits per heavy atom. The van der Waals surface area contributed by atoms with Crippen LogP contribution in [0.4, 0.5) is 4.39 Å². The van der Waals surface area contributed by atoms with Crippen molar-refractivity contribution in [3.8, 4) is 0 Å². The number of pyridine rings is 1. The van der Waals surface area contributed by atoms with Crippen LogP contribution in [0.3, 0.4) is 0 Å². The predicted octanol–water partition coefficient (Wildman–Crippen LogP) is 3.76. The summed E-state index contributed by atoms with van der Waals surface area (Å²) in [5, 5.41) is 0.726. The molecular formula is C19H21FN2O3S2. The second-order valence-corrected chi connectivity index (χ2v) is 9.38. The highest BCUT2D eigenvalue weighted by atomic mass is 32.2. The molecule has 1 aliphatic heterocycles. The third-order valence-electron chi connectivity index (χ3n) is 4.38. The van der Waals surface area contributed by atoms with Gasteiger partial charge in [-0.25, -0.2) is 17.8 Å². The summed E-state index contributed by atoms with van der Waals surface area (Å²) in [5.41, 5.74) is 0.510. The minimum Gasteiger partial charge on any atom is -0.294 e. The highest BCUT2D eigenvalue weighted by molar-refractivity contribution is 7.99. The van der Waals surface area contributed by atoms with E-state index in [0.29, 0.717) is 37.2 Å². The van der Waals surface area contributed by atoms with E-state index in [2.05, 4.69) is 4.98 Å². The summed E-state index contributed by atoms with van der Waals surface area (Å²) in [6, 6.07) is 8.84. The van der Waals surface area contributed by atoms with Crippen LogP contribution in [0.1, 0.15) is 36.0 Å². The molecule has 1 aliphatic rings. The molecule has 0 unspecified atom stereocenters. The smallest absolute Gasteiger partial charge is 0.244 e. The molecule has 5 nitrogen and oxygen atoms in total. The number of nitrogens with zero attached hydrogens (tertiary/aromatic N) is 2. The fraction of sp³-hybridized carbons (Fsp3) is 0.368. The van der Waals surface area contributed by atoms with Crippen molar-refractivity contribution in [1.82, 2.24) is 9.29 Å². The van der Waals surface area contributed by atoms with E-state index in [9.17, 15) is 17.6 Å². The number of Topliss-reactive ketones (excluding diaryl/α,β-unsaturated/α-hetero) is 1. The number of sulfonamides is 1. The molecular weight excluding hydrogens is 387 g/mol. The molecule has 0 atom stereocenters. The van der Waals surface area contributed by atoms with Crippen LogP contribution in [0.25, 0.3) is 0 Å². The van der Waals surface area contributed by atoms with Crippen LogP contribution >= 0.6 is 11.8 Å². The summed E-state index contributed by atoms with van der Waals surface area (Å²) in [6.45, 7) is 1.14. The molecule has 2 heterocycles. The fourth-order valence-corrected chi connectivity index (χ4v) is 5.12. The van der Waals surface area contributed by atoms with Crippen molar-refractivity contribution in [3.63, 3.8) is 0 Å². The summed E-state index contributed by atoms with van der Waals surface area (Å²) in [6.07, 6.45) is 4.24. The van der Waals surface area contributed by atoms with Gasteiger partial charge in [-0.15, -0.1) is 11.8 Å².